The number of aromatic carboxylic acids is 1. The van der Waals surface area contributed by atoms with Crippen LogP contribution in [-0.4, -0.2) is 28.7 Å². The number of esters is 1. The minimum absolute atomic E-state index is 0.182. The molecule has 1 atom stereocenters. The quantitative estimate of drug-likeness (QED) is 0.360. The summed E-state index contributed by atoms with van der Waals surface area (Å²) in [7, 11) is 1.32. The average Bonchev–Trinajstić information content (AvgIpc) is 3.52. The van der Waals surface area contributed by atoms with Crippen molar-refractivity contribution in [2.75, 3.05) is 7.11 Å². The highest BCUT2D eigenvalue weighted by Gasteiger charge is 2.33. The maximum atomic E-state index is 13.7. The number of nitrogens with zero attached hydrogens (tertiary/aromatic N) is 2. The Bertz CT molecular complexity index is 1790. The van der Waals surface area contributed by atoms with Crippen LogP contribution in [0.1, 0.15) is 60.0 Å². The first-order chi connectivity index (χ1) is 18.7. The smallest absolute Gasteiger partial charge is 0.338 e. The molecule has 39 heavy (non-hydrogen) atoms. The average molecular weight is 543 g/mol. The summed E-state index contributed by atoms with van der Waals surface area (Å²) in [5, 5.41) is 9.12. The number of hydrogen-bond acceptors (Lipinski definition) is 7. The molecule has 0 fully saturated rings. The number of carbonyl (C=O) groups is 2. The van der Waals surface area contributed by atoms with Crippen molar-refractivity contribution in [1.29, 1.82) is 0 Å². The van der Waals surface area contributed by atoms with Gasteiger partial charge in [0.05, 0.1) is 34.5 Å². The Morgan fingerprint density at radius 3 is 2.38 bits per heavy atom. The predicted molar refractivity (Wildman–Crippen MR) is 147 cm³/mol. The third kappa shape index (κ3) is 4.88. The fourth-order valence-electron chi connectivity index (χ4n) is 4.56. The van der Waals surface area contributed by atoms with Crippen molar-refractivity contribution >= 4 is 29.4 Å². The Hall–Kier alpha value is -4.50. The van der Waals surface area contributed by atoms with Gasteiger partial charge in [-0.2, -0.15) is 0 Å². The van der Waals surface area contributed by atoms with Crippen LogP contribution in [0.4, 0.5) is 0 Å². The Morgan fingerprint density at radius 1 is 1.08 bits per heavy atom. The Labute approximate surface area is 227 Å². The van der Waals surface area contributed by atoms with E-state index in [4.69, 9.17) is 14.3 Å². The third-order valence-electron chi connectivity index (χ3n) is 6.66. The van der Waals surface area contributed by atoms with E-state index in [-0.39, 0.29) is 11.1 Å². The van der Waals surface area contributed by atoms with Crippen molar-refractivity contribution in [3.63, 3.8) is 0 Å². The van der Waals surface area contributed by atoms with Gasteiger partial charge in [-0.1, -0.05) is 61.6 Å². The molecule has 2 aromatic carbocycles. The molecular weight excluding hydrogens is 516 g/mol. The summed E-state index contributed by atoms with van der Waals surface area (Å²) in [5.74, 6) is -0.200. The van der Waals surface area contributed by atoms with Gasteiger partial charge in [0, 0.05) is 11.6 Å². The highest BCUT2D eigenvalue weighted by molar-refractivity contribution is 7.07. The molecule has 1 aliphatic rings. The van der Waals surface area contributed by atoms with Crippen LogP contribution in [0, 0.1) is 0 Å². The minimum Gasteiger partial charge on any atom is -0.478 e. The molecule has 9 heteroatoms. The molecule has 1 aliphatic heterocycles. The van der Waals surface area contributed by atoms with E-state index in [1.807, 2.05) is 24.3 Å². The molecule has 0 saturated heterocycles. The number of carboxylic acids is 1. The summed E-state index contributed by atoms with van der Waals surface area (Å²) < 4.78 is 13.0. The number of allylic oxidation sites excluding steroid dienone is 1. The Balaban J connectivity index is 1.59. The van der Waals surface area contributed by atoms with Crippen molar-refractivity contribution in [2.45, 2.75) is 32.7 Å². The first kappa shape index (κ1) is 26.1. The second-order valence-electron chi connectivity index (χ2n) is 9.48. The van der Waals surface area contributed by atoms with Crippen molar-refractivity contribution < 1.29 is 23.8 Å². The number of benzene rings is 2. The van der Waals surface area contributed by atoms with Gasteiger partial charge in [-0.15, -0.1) is 0 Å². The number of carbonyl (C=O) groups excluding carboxylic acids is 1. The van der Waals surface area contributed by atoms with E-state index in [9.17, 15) is 14.4 Å². The molecule has 3 heterocycles. The third-order valence-corrected chi connectivity index (χ3v) is 7.65. The van der Waals surface area contributed by atoms with Gasteiger partial charge in [0.15, 0.2) is 4.80 Å². The van der Waals surface area contributed by atoms with E-state index < -0.39 is 18.0 Å². The summed E-state index contributed by atoms with van der Waals surface area (Å²) in [6.07, 6.45) is 1.65. The molecule has 1 N–H and O–H groups in total. The van der Waals surface area contributed by atoms with Crippen LogP contribution in [0.15, 0.2) is 86.1 Å². The molecule has 198 valence electrons. The van der Waals surface area contributed by atoms with Crippen LogP contribution in [0.5, 0.6) is 0 Å². The number of aromatic nitrogens is 1. The van der Waals surface area contributed by atoms with Crippen molar-refractivity contribution in [3.8, 4) is 11.3 Å². The molecule has 0 saturated carbocycles. The lowest BCUT2D eigenvalue weighted by atomic mass is 9.93. The van der Waals surface area contributed by atoms with Crippen LogP contribution in [0.25, 0.3) is 17.4 Å². The zero-order valence-corrected chi connectivity index (χ0v) is 22.6. The molecule has 4 aromatic rings. The van der Waals surface area contributed by atoms with Gasteiger partial charge >= 0.3 is 11.9 Å². The van der Waals surface area contributed by atoms with Gasteiger partial charge in [0.2, 0.25) is 0 Å². The maximum absolute atomic E-state index is 13.7. The first-order valence-electron chi connectivity index (χ1n) is 12.3. The van der Waals surface area contributed by atoms with E-state index in [1.165, 1.54) is 35.1 Å². The summed E-state index contributed by atoms with van der Waals surface area (Å²) >= 11 is 1.22. The highest BCUT2D eigenvalue weighted by atomic mass is 32.1. The summed E-state index contributed by atoms with van der Waals surface area (Å²) in [6, 6.07) is 17.1. The highest BCUT2D eigenvalue weighted by Crippen LogP contribution is 2.31. The number of methoxy groups -OCH3 is 1. The molecule has 1 unspecified atom stereocenters. The number of furan rings is 1. The van der Waals surface area contributed by atoms with Gasteiger partial charge in [-0.3, -0.25) is 9.36 Å². The number of rotatable bonds is 6. The SMILES string of the molecule is COC(=O)C1=C(C)N=c2sc(=Cc3ccc(-c4ccc(C(=O)O)cc4)o3)c(=O)n2C1c1ccc(C(C)C)cc1. The number of hydrogen-bond donors (Lipinski definition) is 1. The van der Waals surface area contributed by atoms with Gasteiger partial charge in [0.1, 0.15) is 11.5 Å². The van der Waals surface area contributed by atoms with Crippen LogP contribution < -0.4 is 14.9 Å². The predicted octanol–water partition coefficient (Wildman–Crippen LogP) is 4.49. The summed E-state index contributed by atoms with van der Waals surface area (Å²) in [5.41, 5.74) is 3.35. The molecule has 8 nitrogen and oxygen atoms in total. The van der Waals surface area contributed by atoms with Gasteiger partial charge < -0.3 is 14.3 Å². The molecule has 0 spiro atoms. The van der Waals surface area contributed by atoms with Gasteiger partial charge in [-0.05, 0) is 48.2 Å². The molecule has 2 aromatic heterocycles. The van der Waals surface area contributed by atoms with Gasteiger partial charge in [-0.25, -0.2) is 14.6 Å². The summed E-state index contributed by atoms with van der Waals surface area (Å²) in [6.45, 7) is 5.95. The number of carboxylic acid groups (broad SMARTS) is 1. The maximum Gasteiger partial charge on any atom is 0.338 e. The topological polar surface area (TPSA) is 111 Å². The van der Waals surface area contributed by atoms with E-state index in [0.717, 1.165) is 11.1 Å². The largest absolute Gasteiger partial charge is 0.478 e. The first-order valence-corrected chi connectivity index (χ1v) is 13.1. The fraction of sp³-hybridized carbons (Fsp3) is 0.200. The second kappa shape index (κ2) is 10.3. The normalized spacial score (nSPS) is 15.3. The Kier molecular flexibility index (Phi) is 6.93. The van der Waals surface area contributed by atoms with E-state index in [0.29, 0.717) is 43.6 Å². The van der Waals surface area contributed by atoms with Crippen molar-refractivity contribution in [3.05, 3.63) is 114 Å². The van der Waals surface area contributed by atoms with Crippen molar-refractivity contribution in [2.24, 2.45) is 4.99 Å². The zero-order chi connectivity index (χ0) is 27.8. The van der Waals surface area contributed by atoms with Crippen LogP contribution in [0.2, 0.25) is 0 Å². The fourth-order valence-corrected chi connectivity index (χ4v) is 5.59. The van der Waals surface area contributed by atoms with Crippen LogP contribution >= 0.6 is 11.3 Å². The van der Waals surface area contributed by atoms with Crippen LogP contribution in [-0.2, 0) is 9.53 Å². The minimum atomic E-state index is -1.00. The van der Waals surface area contributed by atoms with E-state index >= 15 is 0 Å². The monoisotopic (exact) mass is 542 g/mol. The zero-order valence-electron chi connectivity index (χ0n) is 21.8. The van der Waals surface area contributed by atoms with E-state index in [2.05, 4.69) is 18.8 Å². The molecule has 0 amide bonds. The molecule has 5 rings (SSSR count). The lowest BCUT2D eigenvalue weighted by molar-refractivity contribution is -0.136. The van der Waals surface area contributed by atoms with Crippen molar-refractivity contribution in [1.82, 2.24) is 4.57 Å². The summed E-state index contributed by atoms with van der Waals surface area (Å²) in [4.78, 5) is 42.8. The van der Waals surface area contributed by atoms with Gasteiger partial charge in [0.25, 0.3) is 5.56 Å². The second-order valence-corrected chi connectivity index (χ2v) is 10.5. The van der Waals surface area contributed by atoms with E-state index in [1.54, 1.807) is 37.3 Å². The lowest BCUT2D eigenvalue weighted by Gasteiger charge is -2.24. The standard InChI is InChI=1S/C30H26N2O6S/c1-16(2)18-5-9-20(10-6-18)26-25(29(36)37-4)17(3)31-30-32(26)27(33)24(39-30)15-22-13-14-23(38-22)19-7-11-21(12-8-19)28(34)35/h5-16,26H,1-4H3,(H,34,35). The molecule has 0 bridgehead atoms. The van der Waals surface area contributed by atoms with Crippen LogP contribution in [0.3, 0.4) is 0 Å². The lowest BCUT2D eigenvalue weighted by Crippen LogP contribution is -2.39. The number of ether oxygens (including phenoxy) is 1. The molecular formula is C30H26N2O6S. The number of thiazole rings is 1. The molecule has 0 aliphatic carbocycles. The molecule has 0 radical (unpaired) electrons. The number of fused-ring (bicyclic) bond motifs is 1. The Morgan fingerprint density at radius 2 is 1.77 bits per heavy atom.